The van der Waals surface area contributed by atoms with Gasteiger partial charge >= 0.3 is 0 Å². The second-order valence-electron chi connectivity index (χ2n) is 5.72. The van der Waals surface area contributed by atoms with Crippen LogP contribution in [0.1, 0.15) is 51.4 Å². The molecule has 1 spiro atoms. The Labute approximate surface area is 97.6 Å². The first-order valence-corrected chi connectivity index (χ1v) is 6.73. The van der Waals surface area contributed by atoms with Gasteiger partial charge in [0.05, 0.1) is 0 Å². The summed E-state index contributed by atoms with van der Waals surface area (Å²) in [6.07, 6.45) is 16.6. The zero-order valence-corrected chi connectivity index (χ0v) is 9.87. The molecule has 1 saturated carbocycles. The first-order valence-electron chi connectivity index (χ1n) is 6.73. The number of rotatable bonds is 0. The van der Waals surface area contributed by atoms with E-state index in [1.807, 2.05) is 6.08 Å². The molecule has 0 heterocycles. The van der Waals surface area contributed by atoms with Crippen molar-refractivity contribution in [2.45, 2.75) is 51.4 Å². The van der Waals surface area contributed by atoms with Crippen LogP contribution < -0.4 is 0 Å². The third kappa shape index (κ3) is 1.57. The van der Waals surface area contributed by atoms with E-state index in [4.69, 9.17) is 0 Å². The Morgan fingerprint density at radius 3 is 2.75 bits per heavy atom. The summed E-state index contributed by atoms with van der Waals surface area (Å²) < 4.78 is 0. The monoisotopic (exact) mass is 216 g/mol. The van der Waals surface area contributed by atoms with Gasteiger partial charge in [0, 0.05) is 11.3 Å². The molecule has 1 heteroatoms. The molecule has 2 bridgehead atoms. The highest BCUT2D eigenvalue weighted by Crippen LogP contribution is 2.52. The molecule has 0 aromatic rings. The second-order valence-corrected chi connectivity index (χ2v) is 5.72. The third-order valence-electron chi connectivity index (χ3n) is 4.59. The molecule has 0 aromatic carbocycles. The van der Waals surface area contributed by atoms with Gasteiger partial charge in [-0.2, -0.15) is 0 Å². The van der Waals surface area contributed by atoms with E-state index in [1.54, 1.807) is 0 Å². The molecular formula is C15H20O. The van der Waals surface area contributed by atoms with Crippen LogP contribution in [0.4, 0.5) is 0 Å². The van der Waals surface area contributed by atoms with E-state index in [1.165, 1.54) is 50.5 Å². The van der Waals surface area contributed by atoms with Crippen LogP contribution in [0.2, 0.25) is 0 Å². The van der Waals surface area contributed by atoms with Crippen molar-refractivity contribution in [3.8, 4) is 0 Å². The Hall–Kier alpha value is -0.850. The maximum absolute atomic E-state index is 12.0. The molecule has 3 aliphatic rings. The van der Waals surface area contributed by atoms with Gasteiger partial charge in [-0.15, -0.1) is 0 Å². The molecule has 1 fully saturated rings. The van der Waals surface area contributed by atoms with Gasteiger partial charge in [-0.1, -0.05) is 43.4 Å². The van der Waals surface area contributed by atoms with Crippen LogP contribution in [-0.2, 0) is 4.79 Å². The summed E-state index contributed by atoms with van der Waals surface area (Å²) >= 11 is 0. The molecule has 3 aliphatic carbocycles. The second kappa shape index (κ2) is 3.87. The minimum absolute atomic E-state index is 0.232. The van der Waals surface area contributed by atoms with Crippen molar-refractivity contribution in [2.24, 2.45) is 11.3 Å². The van der Waals surface area contributed by atoms with Crippen LogP contribution in [0.15, 0.2) is 23.8 Å². The number of hydrogen-bond donors (Lipinski definition) is 0. The highest BCUT2D eigenvalue weighted by Gasteiger charge is 2.46. The van der Waals surface area contributed by atoms with E-state index >= 15 is 0 Å². The van der Waals surface area contributed by atoms with E-state index < -0.39 is 0 Å². The molecule has 0 amide bonds. The van der Waals surface area contributed by atoms with Crippen molar-refractivity contribution < 1.29 is 4.79 Å². The lowest BCUT2D eigenvalue weighted by molar-refractivity contribution is -0.121. The molecule has 3 rings (SSSR count). The quantitative estimate of drug-likeness (QED) is 0.563. The topological polar surface area (TPSA) is 17.1 Å². The van der Waals surface area contributed by atoms with E-state index in [9.17, 15) is 4.79 Å². The third-order valence-corrected chi connectivity index (χ3v) is 4.59. The highest BCUT2D eigenvalue weighted by molar-refractivity contribution is 5.96. The zero-order valence-electron chi connectivity index (χ0n) is 9.87. The molecule has 0 aliphatic heterocycles. The van der Waals surface area contributed by atoms with Crippen LogP contribution in [0.3, 0.4) is 0 Å². The van der Waals surface area contributed by atoms with E-state index in [-0.39, 0.29) is 11.3 Å². The maximum atomic E-state index is 12.0. The van der Waals surface area contributed by atoms with E-state index in [0.717, 1.165) is 6.42 Å². The lowest BCUT2D eigenvalue weighted by Gasteiger charge is -2.46. The first-order chi connectivity index (χ1) is 7.80. The van der Waals surface area contributed by atoms with Crippen LogP contribution in [0.5, 0.6) is 0 Å². The van der Waals surface area contributed by atoms with Crippen molar-refractivity contribution in [3.05, 3.63) is 23.8 Å². The van der Waals surface area contributed by atoms with Gasteiger partial charge in [0.1, 0.15) is 0 Å². The first kappa shape index (κ1) is 10.3. The number of hydrogen-bond acceptors (Lipinski definition) is 1. The summed E-state index contributed by atoms with van der Waals surface area (Å²) in [5, 5.41) is 0. The summed E-state index contributed by atoms with van der Waals surface area (Å²) in [4.78, 5) is 12.0. The Balaban J connectivity index is 1.86. The summed E-state index contributed by atoms with van der Waals surface area (Å²) in [5.41, 5.74) is 1.67. The van der Waals surface area contributed by atoms with Crippen LogP contribution in [0, 0.1) is 11.3 Å². The van der Waals surface area contributed by atoms with Crippen molar-refractivity contribution >= 4 is 5.78 Å². The maximum Gasteiger partial charge on any atom is 0.163 e. The van der Waals surface area contributed by atoms with Crippen LogP contribution in [0.25, 0.3) is 0 Å². The van der Waals surface area contributed by atoms with Gasteiger partial charge in [0.25, 0.3) is 0 Å². The molecular weight excluding hydrogens is 196 g/mol. The molecule has 0 N–H and O–H groups in total. The van der Waals surface area contributed by atoms with Gasteiger partial charge in [-0.25, -0.2) is 0 Å². The van der Waals surface area contributed by atoms with Gasteiger partial charge in [0.2, 0.25) is 0 Å². The SMILES string of the molecule is O=C1C=C2CCCCCCC[C@@]3(C=C[C@@H]13)C2. The smallest absolute Gasteiger partial charge is 0.163 e. The molecule has 0 radical (unpaired) electrons. The fourth-order valence-electron chi connectivity index (χ4n) is 3.60. The van der Waals surface area contributed by atoms with E-state index in [0.29, 0.717) is 5.78 Å². The van der Waals surface area contributed by atoms with Crippen LogP contribution >= 0.6 is 0 Å². The van der Waals surface area contributed by atoms with E-state index in [2.05, 4.69) is 12.2 Å². The van der Waals surface area contributed by atoms with Gasteiger partial charge in [0.15, 0.2) is 5.78 Å². The molecule has 0 aromatic heterocycles. The highest BCUT2D eigenvalue weighted by atomic mass is 16.1. The van der Waals surface area contributed by atoms with Gasteiger partial charge in [-0.3, -0.25) is 4.79 Å². The minimum Gasteiger partial charge on any atom is -0.294 e. The molecule has 1 nitrogen and oxygen atoms in total. The summed E-state index contributed by atoms with van der Waals surface area (Å²) in [6.45, 7) is 0. The van der Waals surface area contributed by atoms with Crippen molar-refractivity contribution in [3.63, 3.8) is 0 Å². The fourth-order valence-corrected chi connectivity index (χ4v) is 3.60. The van der Waals surface area contributed by atoms with Crippen molar-refractivity contribution in [2.75, 3.05) is 0 Å². The predicted molar refractivity (Wildman–Crippen MR) is 65.1 cm³/mol. The largest absolute Gasteiger partial charge is 0.294 e. The lowest BCUT2D eigenvalue weighted by atomic mass is 9.57. The van der Waals surface area contributed by atoms with Crippen molar-refractivity contribution in [1.29, 1.82) is 0 Å². The molecule has 2 atom stereocenters. The number of fused-ring (bicyclic) bond motifs is 1. The van der Waals surface area contributed by atoms with Crippen LogP contribution in [-0.4, -0.2) is 5.78 Å². The Bertz CT molecular complexity index is 364. The molecule has 16 heavy (non-hydrogen) atoms. The number of carbonyl (C=O) groups excluding carboxylic acids is 1. The normalized spacial score (nSPS) is 38.4. The summed E-state index contributed by atoms with van der Waals surface area (Å²) in [7, 11) is 0. The average molecular weight is 216 g/mol. The standard InChI is InChI=1S/C15H20O/c16-14-10-12-6-4-2-1-3-5-8-15(11-12)9-7-13(14)15/h7,9-10,13H,1-6,8,11H2/t13-,15+/m0/s1. The van der Waals surface area contributed by atoms with Gasteiger partial charge in [-0.05, 0) is 31.8 Å². The van der Waals surface area contributed by atoms with Gasteiger partial charge < -0.3 is 0 Å². The number of carbonyl (C=O) groups is 1. The zero-order chi connectivity index (χ0) is 11.0. The van der Waals surface area contributed by atoms with Crippen molar-refractivity contribution in [1.82, 2.24) is 0 Å². The predicted octanol–water partition coefficient (Wildman–Crippen LogP) is 3.80. The fraction of sp³-hybridized carbons (Fsp3) is 0.667. The molecule has 0 unspecified atom stereocenters. The Kier molecular flexibility index (Phi) is 2.49. The molecule has 86 valence electrons. The number of allylic oxidation sites excluding steroid dienone is 4. The molecule has 0 saturated heterocycles. The summed E-state index contributed by atoms with van der Waals surface area (Å²) in [6, 6.07) is 0. The summed E-state index contributed by atoms with van der Waals surface area (Å²) in [5.74, 6) is 0.611. The lowest BCUT2D eigenvalue weighted by Crippen LogP contribution is -2.42. The minimum atomic E-state index is 0.232. The Morgan fingerprint density at radius 2 is 1.94 bits per heavy atom. The number of ketones is 1. The Morgan fingerprint density at radius 1 is 1.12 bits per heavy atom. The average Bonchev–Trinajstić information content (AvgIpc) is 2.23.